The largest absolute Gasteiger partial charge is 0.493 e. The standard InChI is InChI=1S/C18H23N3O4/c1-4-17(2,3)19-14(22)11-21-15(23)18(20-16(21)24)9-10-25-13-8-6-5-7-12(13)18/h5-8H,4,9-11H2,1-3H3,(H,19,22)(H,20,24)/t18-/m0/s1. The maximum absolute atomic E-state index is 13.0. The van der Waals surface area contributed by atoms with E-state index in [0.717, 1.165) is 11.3 Å². The minimum Gasteiger partial charge on any atom is -0.493 e. The molecule has 2 N–H and O–H groups in total. The second-order valence-corrected chi connectivity index (χ2v) is 7.11. The molecule has 2 aliphatic rings. The van der Waals surface area contributed by atoms with Crippen molar-refractivity contribution >= 4 is 17.8 Å². The summed E-state index contributed by atoms with van der Waals surface area (Å²) in [4.78, 5) is 38.7. The molecule has 2 aliphatic heterocycles. The normalized spacial score (nSPS) is 22.4. The number of carbonyl (C=O) groups excluding carboxylic acids is 3. The summed E-state index contributed by atoms with van der Waals surface area (Å²) < 4.78 is 5.59. The average molecular weight is 345 g/mol. The predicted octanol–water partition coefficient (Wildman–Crippen LogP) is 1.52. The Morgan fingerprint density at radius 2 is 2.08 bits per heavy atom. The predicted molar refractivity (Wildman–Crippen MR) is 91.0 cm³/mol. The summed E-state index contributed by atoms with van der Waals surface area (Å²) in [6.07, 6.45) is 1.08. The SMILES string of the molecule is CCC(C)(C)NC(=O)CN1C(=O)N[C@]2(CCOc3ccccc32)C1=O. The van der Waals surface area contributed by atoms with Gasteiger partial charge in [-0.15, -0.1) is 0 Å². The van der Waals surface area contributed by atoms with Gasteiger partial charge in [0.2, 0.25) is 5.91 Å². The summed E-state index contributed by atoms with van der Waals surface area (Å²) in [5, 5.41) is 5.63. The fourth-order valence-corrected chi connectivity index (χ4v) is 3.16. The van der Waals surface area contributed by atoms with E-state index < -0.39 is 17.5 Å². The van der Waals surface area contributed by atoms with Crippen LogP contribution in [0, 0.1) is 0 Å². The van der Waals surface area contributed by atoms with Crippen molar-refractivity contribution in [3.05, 3.63) is 29.8 Å². The lowest BCUT2D eigenvalue weighted by molar-refractivity contribution is -0.136. The van der Waals surface area contributed by atoms with Crippen molar-refractivity contribution in [3.63, 3.8) is 0 Å². The molecule has 0 aliphatic carbocycles. The zero-order valence-electron chi connectivity index (χ0n) is 14.7. The van der Waals surface area contributed by atoms with Crippen LogP contribution in [0.25, 0.3) is 0 Å². The highest BCUT2D eigenvalue weighted by Crippen LogP contribution is 2.40. The molecule has 25 heavy (non-hydrogen) atoms. The lowest BCUT2D eigenvalue weighted by Crippen LogP contribution is -2.50. The number of nitrogens with zero attached hydrogens (tertiary/aromatic N) is 1. The molecule has 0 radical (unpaired) electrons. The smallest absolute Gasteiger partial charge is 0.325 e. The lowest BCUT2D eigenvalue weighted by Gasteiger charge is -2.33. The summed E-state index contributed by atoms with van der Waals surface area (Å²) in [7, 11) is 0. The third-order valence-corrected chi connectivity index (χ3v) is 4.92. The Kier molecular flexibility index (Phi) is 4.18. The molecular weight excluding hydrogens is 322 g/mol. The highest BCUT2D eigenvalue weighted by atomic mass is 16.5. The van der Waals surface area contributed by atoms with Gasteiger partial charge in [-0.05, 0) is 26.3 Å². The van der Waals surface area contributed by atoms with Gasteiger partial charge >= 0.3 is 6.03 Å². The second-order valence-electron chi connectivity index (χ2n) is 7.11. The second kappa shape index (κ2) is 6.06. The Morgan fingerprint density at radius 3 is 2.80 bits per heavy atom. The zero-order chi connectivity index (χ0) is 18.2. The molecule has 7 nitrogen and oxygen atoms in total. The summed E-state index contributed by atoms with van der Waals surface area (Å²) >= 11 is 0. The van der Waals surface area contributed by atoms with Crippen molar-refractivity contribution in [2.45, 2.75) is 44.7 Å². The van der Waals surface area contributed by atoms with Crippen LogP contribution in [-0.4, -0.2) is 41.4 Å². The molecule has 0 saturated carbocycles. The molecule has 0 bridgehead atoms. The molecule has 1 aromatic rings. The monoisotopic (exact) mass is 345 g/mol. The van der Waals surface area contributed by atoms with E-state index >= 15 is 0 Å². The first-order chi connectivity index (χ1) is 11.8. The number of fused-ring (bicyclic) bond motifs is 2. The van der Waals surface area contributed by atoms with Gasteiger partial charge in [-0.1, -0.05) is 25.1 Å². The van der Waals surface area contributed by atoms with E-state index in [2.05, 4.69) is 10.6 Å². The van der Waals surface area contributed by atoms with Crippen molar-refractivity contribution in [2.75, 3.05) is 13.2 Å². The number of urea groups is 1. The van der Waals surface area contributed by atoms with E-state index in [1.54, 1.807) is 18.2 Å². The quantitative estimate of drug-likeness (QED) is 0.810. The maximum atomic E-state index is 13.0. The number of rotatable bonds is 4. The number of carbonyl (C=O) groups is 3. The molecule has 134 valence electrons. The number of nitrogens with one attached hydrogen (secondary N) is 2. The van der Waals surface area contributed by atoms with Gasteiger partial charge in [0, 0.05) is 17.5 Å². The number of benzene rings is 1. The fourth-order valence-electron chi connectivity index (χ4n) is 3.16. The first-order valence-electron chi connectivity index (χ1n) is 8.46. The molecule has 1 aromatic carbocycles. The van der Waals surface area contributed by atoms with Gasteiger partial charge in [0.25, 0.3) is 5.91 Å². The first-order valence-corrected chi connectivity index (χ1v) is 8.46. The molecule has 7 heteroatoms. The number of hydrogen-bond donors (Lipinski definition) is 2. The average Bonchev–Trinajstić information content (AvgIpc) is 2.80. The van der Waals surface area contributed by atoms with Gasteiger partial charge in [-0.3, -0.25) is 14.5 Å². The highest BCUT2D eigenvalue weighted by molar-refractivity contribution is 6.09. The molecule has 3 rings (SSSR count). The Morgan fingerprint density at radius 1 is 1.36 bits per heavy atom. The number of hydrogen-bond acceptors (Lipinski definition) is 4. The van der Waals surface area contributed by atoms with Crippen LogP contribution in [0.1, 0.15) is 39.2 Å². The van der Waals surface area contributed by atoms with Crippen molar-refractivity contribution in [3.8, 4) is 5.75 Å². The van der Waals surface area contributed by atoms with Crippen LogP contribution in [0.2, 0.25) is 0 Å². The van der Waals surface area contributed by atoms with E-state index in [9.17, 15) is 14.4 Å². The third kappa shape index (κ3) is 2.94. The molecule has 4 amide bonds. The molecule has 0 aromatic heterocycles. The third-order valence-electron chi connectivity index (χ3n) is 4.92. The maximum Gasteiger partial charge on any atom is 0.325 e. The Balaban J connectivity index is 1.83. The summed E-state index contributed by atoms with van der Waals surface area (Å²) in [6.45, 7) is 5.78. The molecular formula is C18H23N3O4. The van der Waals surface area contributed by atoms with Crippen LogP contribution >= 0.6 is 0 Å². The van der Waals surface area contributed by atoms with Gasteiger partial charge in [-0.2, -0.15) is 0 Å². The Bertz CT molecular complexity index is 731. The topological polar surface area (TPSA) is 87.7 Å². The number of imide groups is 1. The Hall–Kier alpha value is -2.57. The van der Waals surface area contributed by atoms with Crippen LogP contribution in [0.15, 0.2) is 24.3 Å². The fraction of sp³-hybridized carbons (Fsp3) is 0.500. The van der Waals surface area contributed by atoms with Crippen molar-refractivity contribution < 1.29 is 19.1 Å². The van der Waals surface area contributed by atoms with Crippen molar-refractivity contribution in [2.24, 2.45) is 0 Å². The van der Waals surface area contributed by atoms with E-state index in [0.29, 0.717) is 24.3 Å². The van der Waals surface area contributed by atoms with Crippen LogP contribution < -0.4 is 15.4 Å². The summed E-state index contributed by atoms with van der Waals surface area (Å²) in [5.74, 6) is -0.175. The van der Waals surface area contributed by atoms with Crippen LogP contribution in [-0.2, 0) is 15.1 Å². The van der Waals surface area contributed by atoms with Gasteiger partial charge in [0.1, 0.15) is 12.3 Å². The summed E-state index contributed by atoms with van der Waals surface area (Å²) in [6, 6.07) is 6.61. The number of ether oxygens (including phenoxy) is 1. The Labute approximate surface area is 146 Å². The van der Waals surface area contributed by atoms with Gasteiger partial charge in [-0.25, -0.2) is 4.79 Å². The van der Waals surface area contributed by atoms with Crippen molar-refractivity contribution in [1.82, 2.24) is 15.5 Å². The van der Waals surface area contributed by atoms with Gasteiger partial charge in [0.05, 0.1) is 6.61 Å². The lowest BCUT2D eigenvalue weighted by atomic mass is 9.84. The minimum atomic E-state index is -1.15. The molecule has 2 heterocycles. The summed E-state index contributed by atoms with van der Waals surface area (Å²) in [5.41, 5.74) is -0.900. The highest BCUT2D eigenvalue weighted by Gasteiger charge is 2.55. The van der Waals surface area contributed by atoms with Crippen molar-refractivity contribution in [1.29, 1.82) is 0 Å². The molecule has 1 spiro atoms. The number of para-hydroxylation sites is 1. The molecule has 1 fully saturated rings. The zero-order valence-corrected chi connectivity index (χ0v) is 14.7. The molecule has 0 unspecified atom stereocenters. The van der Waals surface area contributed by atoms with E-state index in [1.165, 1.54) is 0 Å². The van der Waals surface area contributed by atoms with Crippen LogP contribution in [0.3, 0.4) is 0 Å². The number of amides is 4. The van der Waals surface area contributed by atoms with Gasteiger partial charge < -0.3 is 15.4 Å². The van der Waals surface area contributed by atoms with Crippen LogP contribution in [0.4, 0.5) is 4.79 Å². The van der Waals surface area contributed by atoms with E-state index in [1.807, 2.05) is 26.8 Å². The van der Waals surface area contributed by atoms with Gasteiger partial charge in [0.15, 0.2) is 5.54 Å². The first kappa shape index (κ1) is 17.3. The minimum absolute atomic E-state index is 0.293. The molecule has 1 saturated heterocycles. The molecule has 1 atom stereocenters. The van der Waals surface area contributed by atoms with Crippen LogP contribution in [0.5, 0.6) is 5.75 Å². The van der Waals surface area contributed by atoms with E-state index in [4.69, 9.17) is 4.74 Å². The van der Waals surface area contributed by atoms with E-state index in [-0.39, 0.29) is 18.0 Å².